The van der Waals surface area contributed by atoms with Gasteiger partial charge in [-0.25, -0.2) is 4.79 Å². The first kappa shape index (κ1) is 10.1. The van der Waals surface area contributed by atoms with Gasteiger partial charge in [0.25, 0.3) is 0 Å². The van der Waals surface area contributed by atoms with Crippen molar-refractivity contribution >= 4 is 17.9 Å². The molecule has 0 aromatic carbocycles. The Morgan fingerprint density at radius 1 is 1.50 bits per heavy atom. The molecule has 14 heavy (non-hydrogen) atoms. The summed E-state index contributed by atoms with van der Waals surface area (Å²) in [7, 11) is 0. The summed E-state index contributed by atoms with van der Waals surface area (Å²) in [5.74, 6) is 2.29. The highest BCUT2D eigenvalue weighted by atomic mass is 32.2. The summed E-state index contributed by atoms with van der Waals surface area (Å²) in [4.78, 5) is 13.3. The summed E-state index contributed by atoms with van der Waals surface area (Å²) in [6.07, 6.45) is 1.99. The molecule has 0 radical (unpaired) electrons. The molecule has 2 saturated heterocycles. The Balaban J connectivity index is 2.01. The highest BCUT2D eigenvalue weighted by Crippen LogP contribution is 2.26. The maximum atomic E-state index is 11.5. The summed E-state index contributed by atoms with van der Waals surface area (Å²) >= 11 is 1.96. The molecule has 2 fully saturated rings. The van der Waals surface area contributed by atoms with Crippen molar-refractivity contribution in [2.24, 2.45) is 5.73 Å². The molecule has 0 spiro atoms. The van der Waals surface area contributed by atoms with Crippen LogP contribution in [0.15, 0.2) is 0 Å². The number of cyclic esters (lactones) is 1. The van der Waals surface area contributed by atoms with Gasteiger partial charge in [-0.1, -0.05) is 0 Å². The summed E-state index contributed by atoms with van der Waals surface area (Å²) in [6, 6.07) is 0.468. The Labute approximate surface area is 88.1 Å². The summed E-state index contributed by atoms with van der Waals surface area (Å²) in [5.41, 5.74) is 5.61. The van der Waals surface area contributed by atoms with Crippen molar-refractivity contribution in [3.8, 4) is 0 Å². The summed E-state index contributed by atoms with van der Waals surface area (Å²) in [6.45, 7) is 0.981. The van der Waals surface area contributed by atoms with E-state index in [0.29, 0.717) is 19.2 Å². The van der Waals surface area contributed by atoms with E-state index in [1.54, 1.807) is 0 Å². The molecule has 1 unspecified atom stereocenters. The molecule has 2 N–H and O–H groups in total. The minimum atomic E-state index is -0.169. The zero-order valence-corrected chi connectivity index (χ0v) is 8.96. The fraction of sp³-hybridized carbons (Fsp3) is 0.889. The lowest BCUT2D eigenvalue weighted by Gasteiger charge is -2.32. The van der Waals surface area contributed by atoms with E-state index in [1.807, 2.05) is 16.7 Å². The van der Waals surface area contributed by atoms with Crippen molar-refractivity contribution in [2.75, 3.05) is 24.7 Å². The zero-order valence-electron chi connectivity index (χ0n) is 8.15. The van der Waals surface area contributed by atoms with E-state index in [4.69, 9.17) is 10.5 Å². The van der Waals surface area contributed by atoms with Crippen LogP contribution in [0.5, 0.6) is 0 Å². The molecule has 0 aromatic rings. The van der Waals surface area contributed by atoms with E-state index in [2.05, 4.69) is 0 Å². The van der Waals surface area contributed by atoms with Crippen molar-refractivity contribution in [2.45, 2.75) is 24.9 Å². The average Bonchev–Trinajstić information content (AvgIpc) is 2.61. The monoisotopic (exact) mass is 216 g/mol. The molecular weight excluding hydrogens is 200 g/mol. The average molecular weight is 216 g/mol. The maximum Gasteiger partial charge on any atom is 0.410 e. The van der Waals surface area contributed by atoms with Crippen molar-refractivity contribution in [3.63, 3.8) is 0 Å². The number of amides is 1. The fourth-order valence-corrected chi connectivity index (χ4v) is 3.15. The molecule has 2 heterocycles. The van der Waals surface area contributed by atoms with Crippen molar-refractivity contribution in [1.29, 1.82) is 0 Å². The first-order valence-electron chi connectivity index (χ1n) is 5.06. The van der Waals surface area contributed by atoms with E-state index >= 15 is 0 Å². The minimum Gasteiger partial charge on any atom is -0.447 e. The van der Waals surface area contributed by atoms with Crippen LogP contribution < -0.4 is 5.73 Å². The van der Waals surface area contributed by atoms with Crippen LogP contribution in [0.25, 0.3) is 0 Å². The predicted molar refractivity (Wildman–Crippen MR) is 56.4 cm³/mol. The van der Waals surface area contributed by atoms with E-state index in [1.165, 1.54) is 0 Å². The zero-order chi connectivity index (χ0) is 9.97. The second kappa shape index (κ2) is 4.40. The Kier molecular flexibility index (Phi) is 3.18. The molecule has 5 heteroatoms. The standard InChI is InChI=1S/C9H16N2O2S/c10-5-8-6-13-9(12)11(8)7-1-3-14-4-2-7/h7-8H,1-6,10H2. The third kappa shape index (κ3) is 1.83. The molecule has 1 atom stereocenters. The van der Waals surface area contributed by atoms with Gasteiger partial charge < -0.3 is 10.5 Å². The van der Waals surface area contributed by atoms with E-state index < -0.39 is 0 Å². The number of thioether (sulfide) groups is 1. The molecule has 2 rings (SSSR count). The molecule has 80 valence electrons. The number of nitrogens with two attached hydrogens (primary N) is 1. The smallest absolute Gasteiger partial charge is 0.410 e. The van der Waals surface area contributed by atoms with Gasteiger partial charge in [0.2, 0.25) is 0 Å². The number of carbonyl (C=O) groups excluding carboxylic acids is 1. The van der Waals surface area contributed by atoms with E-state index in [0.717, 1.165) is 24.3 Å². The lowest BCUT2D eigenvalue weighted by molar-refractivity contribution is 0.141. The van der Waals surface area contributed by atoms with Crippen LogP contribution in [-0.4, -0.2) is 47.7 Å². The van der Waals surface area contributed by atoms with Gasteiger partial charge >= 0.3 is 6.09 Å². The van der Waals surface area contributed by atoms with Gasteiger partial charge in [0, 0.05) is 12.6 Å². The molecule has 1 amide bonds. The molecule has 4 nitrogen and oxygen atoms in total. The molecule has 0 aliphatic carbocycles. The number of nitrogens with zero attached hydrogens (tertiary/aromatic N) is 1. The molecule has 0 aromatic heterocycles. The Hall–Kier alpha value is -0.420. The van der Waals surface area contributed by atoms with Crippen LogP contribution >= 0.6 is 11.8 Å². The van der Waals surface area contributed by atoms with Gasteiger partial charge in [-0.15, -0.1) is 0 Å². The van der Waals surface area contributed by atoms with Crippen LogP contribution in [0.4, 0.5) is 4.79 Å². The number of hydrogen-bond acceptors (Lipinski definition) is 4. The van der Waals surface area contributed by atoms with Gasteiger partial charge in [-0.3, -0.25) is 4.90 Å². The van der Waals surface area contributed by atoms with Crippen molar-refractivity contribution in [3.05, 3.63) is 0 Å². The van der Waals surface area contributed by atoms with Crippen molar-refractivity contribution < 1.29 is 9.53 Å². The Bertz CT molecular complexity index is 219. The van der Waals surface area contributed by atoms with Crippen molar-refractivity contribution in [1.82, 2.24) is 4.90 Å². The van der Waals surface area contributed by atoms with E-state index in [-0.39, 0.29) is 12.1 Å². The summed E-state index contributed by atoms with van der Waals surface area (Å²) < 4.78 is 5.02. The summed E-state index contributed by atoms with van der Waals surface area (Å²) in [5, 5.41) is 0. The fourth-order valence-electron chi connectivity index (χ4n) is 2.06. The number of hydrogen-bond donors (Lipinski definition) is 1. The predicted octanol–water partition coefficient (Wildman–Crippen LogP) is 0.661. The topological polar surface area (TPSA) is 55.6 Å². The number of ether oxygens (including phenoxy) is 1. The first-order chi connectivity index (χ1) is 6.83. The maximum absolute atomic E-state index is 11.5. The molecular formula is C9H16N2O2S. The molecule has 2 aliphatic heterocycles. The Morgan fingerprint density at radius 3 is 2.86 bits per heavy atom. The van der Waals surface area contributed by atoms with Gasteiger partial charge in [0.15, 0.2) is 0 Å². The van der Waals surface area contributed by atoms with Gasteiger partial charge in [0.1, 0.15) is 6.61 Å². The number of carbonyl (C=O) groups is 1. The largest absolute Gasteiger partial charge is 0.447 e. The Morgan fingerprint density at radius 2 is 2.21 bits per heavy atom. The van der Waals surface area contributed by atoms with Crippen LogP contribution in [0.2, 0.25) is 0 Å². The van der Waals surface area contributed by atoms with Crippen LogP contribution in [0, 0.1) is 0 Å². The van der Waals surface area contributed by atoms with Crippen LogP contribution in [-0.2, 0) is 4.74 Å². The van der Waals surface area contributed by atoms with Crippen LogP contribution in [0.1, 0.15) is 12.8 Å². The normalized spacial score (nSPS) is 29.4. The highest BCUT2D eigenvalue weighted by Gasteiger charge is 2.37. The van der Waals surface area contributed by atoms with E-state index in [9.17, 15) is 4.79 Å². The van der Waals surface area contributed by atoms with Gasteiger partial charge in [-0.05, 0) is 24.3 Å². The molecule has 0 saturated carbocycles. The number of rotatable bonds is 2. The van der Waals surface area contributed by atoms with Crippen LogP contribution in [0.3, 0.4) is 0 Å². The molecule has 2 aliphatic rings. The SMILES string of the molecule is NCC1COC(=O)N1C1CCSCC1. The quantitative estimate of drug-likeness (QED) is 0.737. The lowest BCUT2D eigenvalue weighted by Crippen LogP contribution is -2.46. The second-order valence-corrected chi connectivity index (χ2v) is 4.94. The highest BCUT2D eigenvalue weighted by molar-refractivity contribution is 7.99. The third-order valence-electron chi connectivity index (χ3n) is 2.86. The first-order valence-corrected chi connectivity index (χ1v) is 6.21. The minimum absolute atomic E-state index is 0.107. The lowest BCUT2D eigenvalue weighted by atomic mass is 10.1. The van der Waals surface area contributed by atoms with Gasteiger partial charge in [-0.2, -0.15) is 11.8 Å². The molecule has 0 bridgehead atoms. The third-order valence-corrected chi connectivity index (χ3v) is 3.91. The van der Waals surface area contributed by atoms with Gasteiger partial charge in [0.05, 0.1) is 6.04 Å². The second-order valence-electron chi connectivity index (χ2n) is 3.72.